The summed E-state index contributed by atoms with van der Waals surface area (Å²) in [4.78, 5) is 9.76. The Morgan fingerprint density at radius 1 is 1.36 bits per heavy atom. The second kappa shape index (κ2) is 5.43. The lowest BCUT2D eigenvalue weighted by molar-refractivity contribution is -0.138. The number of hydrogen-bond donors (Lipinski definition) is 1. The molecule has 0 radical (unpaired) electrons. The van der Waals surface area contributed by atoms with Crippen LogP contribution >= 0.6 is 0 Å². The first-order valence-electron chi connectivity index (χ1n) is 5.00. The van der Waals surface area contributed by atoms with E-state index in [0.717, 1.165) is 19.3 Å². The summed E-state index contributed by atoms with van der Waals surface area (Å²) in [5.74, 6) is -0.611. The Morgan fingerprint density at radius 2 is 1.93 bits per heavy atom. The van der Waals surface area contributed by atoms with Crippen LogP contribution in [0.5, 0.6) is 0 Å². The Balaban J connectivity index is 0.000000146. The van der Waals surface area contributed by atoms with Crippen LogP contribution in [-0.2, 0) is 11.2 Å². The van der Waals surface area contributed by atoms with Gasteiger partial charge in [-0.2, -0.15) is 0 Å². The number of carboxylic acids is 1. The molecule has 0 atom stereocenters. The minimum Gasteiger partial charge on any atom is -0.481 e. The molecule has 1 aromatic rings. The summed E-state index contributed by atoms with van der Waals surface area (Å²) in [6, 6.07) is 10.5. The first-order chi connectivity index (χ1) is 6.74. The molecule has 0 amide bonds. The summed E-state index contributed by atoms with van der Waals surface area (Å²) in [5.41, 5.74) is 1.41. The van der Waals surface area contributed by atoms with Gasteiger partial charge >= 0.3 is 5.97 Å². The van der Waals surface area contributed by atoms with Gasteiger partial charge in [0, 0.05) is 0 Å². The molecule has 1 aliphatic rings. The van der Waals surface area contributed by atoms with E-state index >= 15 is 0 Å². The average molecular weight is 192 g/mol. The van der Waals surface area contributed by atoms with E-state index in [4.69, 9.17) is 5.11 Å². The summed E-state index contributed by atoms with van der Waals surface area (Å²) in [6.45, 7) is 2.16. The summed E-state index contributed by atoms with van der Waals surface area (Å²) >= 11 is 0. The summed E-state index contributed by atoms with van der Waals surface area (Å²) in [7, 11) is 0. The molecule has 0 saturated heterocycles. The average Bonchev–Trinajstić information content (AvgIpc) is 3.03. The Morgan fingerprint density at radius 3 is 2.14 bits per heavy atom. The van der Waals surface area contributed by atoms with Crippen molar-refractivity contribution in [3.8, 4) is 0 Å². The Labute approximate surface area is 84.6 Å². The SMILES string of the molecule is CCc1ccccc1.O=C(O)C1CC1. The molecular formula is C12H16O2. The van der Waals surface area contributed by atoms with E-state index in [1.807, 2.05) is 6.07 Å². The normalized spacial score (nSPS) is 14.1. The molecule has 1 N–H and O–H groups in total. The predicted octanol–water partition coefficient (Wildman–Crippen LogP) is 2.73. The summed E-state index contributed by atoms with van der Waals surface area (Å²) in [6.07, 6.45) is 2.94. The largest absolute Gasteiger partial charge is 0.481 e. The molecule has 1 aromatic carbocycles. The highest BCUT2D eigenvalue weighted by Crippen LogP contribution is 2.28. The second-order valence-electron chi connectivity index (χ2n) is 3.45. The van der Waals surface area contributed by atoms with Crippen LogP contribution in [0.25, 0.3) is 0 Å². The van der Waals surface area contributed by atoms with Gasteiger partial charge in [-0.05, 0) is 24.8 Å². The maximum absolute atomic E-state index is 9.76. The van der Waals surface area contributed by atoms with Crippen LogP contribution in [0.1, 0.15) is 25.3 Å². The summed E-state index contributed by atoms with van der Waals surface area (Å²) < 4.78 is 0. The van der Waals surface area contributed by atoms with Crippen molar-refractivity contribution in [1.82, 2.24) is 0 Å². The monoisotopic (exact) mass is 192 g/mol. The zero-order chi connectivity index (χ0) is 10.4. The maximum atomic E-state index is 9.76. The van der Waals surface area contributed by atoms with E-state index in [0.29, 0.717) is 0 Å². The quantitative estimate of drug-likeness (QED) is 0.782. The molecule has 14 heavy (non-hydrogen) atoms. The number of carboxylic acid groups (broad SMARTS) is 1. The second-order valence-corrected chi connectivity index (χ2v) is 3.45. The van der Waals surface area contributed by atoms with Gasteiger partial charge in [0.05, 0.1) is 5.92 Å². The van der Waals surface area contributed by atoms with Gasteiger partial charge in [-0.25, -0.2) is 0 Å². The van der Waals surface area contributed by atoms with Gasteiger partial charge in [0.15, 0.2) is 0 Å². The van der Waals surface area contributed by atoms with Crippen LogP contribution < -0.4 is 0 Å². The molecule has 2 heteroatoms. The smallest absolute Gasteiger partial charge is 0.306 e. The molecule has 2 rings (SSSR count). The van der Waals surface area contributed by atoms with E-state index in [2.05, 4.69) is 31.2 Å². The van der Waals surface area contributed by atoms with Crippen LogP contribution in [0.2, 0.25) is 0 Å². The fraction of sp³-hybridized carbons (Fsp3) is 0.417. The molecule has 1 aliphatic carbocycles. The molecule has 0 heterocycles. The van der Waals surface area contributed by atoms with Crippen LogP contribution in [0.15, 0.2) is 30.3 Å². The predicted molar refractivity (Wildman–Crippen MR) is 56.2 cm³/mol. The molecule has 76 valence electrons. The van der Waals surface area contributed by atoms with Crippen molar-refractivity contribution in [2.75, 3.05) is 0 Å². The Bertz CT molecular complexity index is 276. The van der Waals surface area contributed by atoms with Crippen LogP contribution in [0, 0.1) is 5.92 Å². The van der Waals surface area contributed by atoms with Crippen molar-refractivity contribution in [2.45, 2.75) is 26.2 Å². The molecule has 1 saturated carbocycles. The number of carbonyl (C=O) groups is 1. The Kier molecular flexibility index (Phi) is 4.17. The minimum absolute atomic E-state index is 0.0185. The molecule has 2 nitrogen and oxygen atoms in total. The van der Waals surface area contributed by atoms with Crippen molar-refractivity contribution in [2.24, 2.45) is 5.92 Å². The standard InChI is InChI=1S/C8H10.C4H6O2/c1-2-8-6-4-3-5-7-8;5-4(6)3-1-2-3/h3-7H,2H2,1H3;3H,1-2H2,(H,5,6). The Hall–Kier alpha value is -1.31. The molecule has 0 bridgehead atoms. The fourth-order valence-electron chi connectivity index (χ4n) is 1.04. The number of hydrogen-bond acceptors (Lipinski definition) is 1. The lowest BCUT2D eigenvalue weighted by Crippen LogP contribution is -1.94. The number of aryl methyl sites for hydroxylation is 1. The fourth-order valence-corrected chi connectivity index (χ4v) is 1.04. The highest BCUT2D eigenvalue weighted by atomic mass is 16.4. The van der Waals surface area contributed by atoms with Crippen LogP contribution in [0.3, 0.4) is 0 Å². The van der Waals surface area contributed by atoms with Crippen molar-refractivity contribution in [3.05, 3.63) is 35.9 Å². The van der Waals surface area contributed by atoms with Crippen molar-refractivity contribution >= 4 is 5.97 Å². The highest BCUT2D eigenvalue weighted by molar-refractivity contribution is 5.72. The number of benzene rings is 1. The number of rotatable bonds is 2. The van der Waals surface area contributed by atoms with Crippen molar-refractivity contribution in [1.29, 1.82) is 0 Å². The van der Waals surface area contributed by atoms with Gasteiger partial charge in [0.25, 0.3) is 0 Å². The van der Waals surface area contributed by atoms with Crippen LogP contribution in [-0.4, -0.2) is 11.1 Å². The van der Waals surface area contributed by atoms with Crippen molar-refractivity contribution in [3.63, 3.8) is 0 Å². The van der Waals surface area contributed by atoms with Gasteiger partial charge in [-0.15, -0.1) is 0 Å². The first-order valence-corrected chi connectivity index (χ1v) is 5.00. The lowest BCUT2D eigenvalue weighted by atomic mass is 10.2. The third kappa shape index (κ3) is 4.08. The van der Waals surface area contributed by atoms with E-state index in [-0.39, 0.29) is 5.92 Å². The minimum atomic E-state index is -0.630. The molecule has 0 unspecified atom stereocenters. The third-order valence-electron chi connectivity index (χ3n) is 2.18. The molecule has 0 aromatic heterocycles. The van der Waals surface area contributed by atoms with E-state index < -0.39 is 5.97 Å². The summed E-state index contributed by atoms with van der Waals surface area (Å²) in [5, 5.41) is 8.05. The zero-order valence-electron chi connectivity index (χ0n) is 8.44. The van der Waals surface area contributed by atoms with Crippen LogP contribution in [0.4, 0.5) is 0 Å². The molecule has 0 spiro atoms. The first kappa shape index (κ1) is 10.8. The maximum Gasteiger partial charge on any atom is 0.306 e. The van der Waals surface area contributed by atoms with Crippen molar-refractivity contribution < 1.29 is 9.90 Å². The van der Waals surface area contributed by atoms with E-state index in [1.165, 1.54) is 5.56 Å². The topological polar surface area (TPSA) is 37.3 Å². The van der Waals surface area contributed by atoms with E-state index in [1.54, 1.807) is 0 Å². The molecular weight excluding hydrogens is 176 g/mol. The van der Waals surface area contributed by atoms with Gasteiger partial charge in [0.1, 0.15) is 0 Å². The van der Waals surface area contributed by atoms with E-state index in [9.17, 15) is 4.79 Å². The molecule has 0 aliphatic heterocycles. The van der Waals surface area contributed by atoms with Gasteiger partial charge < -0.3 is 5.11 Å². The third-order valence-corrected chi connectivity index (χ3v) is 2.18. The van der Waals surface area contributed by atoms with Gasteiger partial charge in [0.2, 0.25) is 0 Å². The highest BCUT2D eigenvalue weighted by Gasteiger charge is 2.28. The molecule has 1 fully saturated rings. The van der Waals surface area contributed by atoms with Gasteiger partial charge in [-0.3, -0.25) is 4.79 Å². The number of aliphatic carboxylic acids is 1. The lowest BCUT2D eigenvalue weighted by Gasteiger charge is -1.89. The van der Waals surface area contributed by atoms with Gasteiger partial charge in [-0.1, -0.05) is 37.3 Å². The zero-order valence-corrected chi connectivity index (χ0v) is 8.44.